The van der Waals surface area contributed by atoms with Gasteiger partial charge in [0, 0.05) is 20.7 Å². The molecule has 1 nitrogen and oxygen atoms in total. The Balaban J connectivity index is 1.88. The molecule has 0 aliphatic heterocycles. The van der Waals surface area contributed by atoms with Crippen molar-refractivity contribution in [2.75, 3.05) is 0 Å². The summed E-state index contributed by atoms with van der Waals surface area (Å²) in [6.07, 6.45) is 1.90. The smallest absolute Gasteiger partial charge is 0.0753 e. The highest BCUT2D eigenvalue weighted by atomic mass is 79.9. The first kappa shape index (κ1) is 15.8. The van der Waals surface area contributed by atoms with Crippen LogP contribution in [0.5, 0.6) is 0 Å². The van der Waals surface area contributed by atoms with Crippen molar-refractivity contribution in [3.05, 3.63) is 110 Å². The van der Waals surface area contributed by atoms with Crippen molar-refractivity contribution in [1.29, 1.82) is 0 Å². The van der Waals surface area contributed by atoms with E-state index in [0.29, 0.717) is 0 Å². The zero-order chi connectivity index (χ0) is 18.2. The van der Waals surface area contributed by atoms with Crippen LogP contribution in [0.1, 0.15) is 22.3 Å². The molecule has 2 aliphatic rings. The van der Waals surface area contributed by atoms with E-state index in [9.17, 15) is 0 Å². The number of halogens is 2. The molecule has 1 aromatic heterocycles. The molecule has 0 saturated carbocycles. The minimum absolute atomic E-state index is 0.321. The molecule has 0 amide bonds. The van der Waals surface area contributed by atoms with E-state index < -0.39 is 0 Å². The molecule has 0 atom stereocenters. The Morgan fingerprint density at radius 1 is 0.593 bits per heavy atom. The Bertz CT molecular complexity index is 1160. The van der Waals surface area contributed by atoms with Gasteiger partial charge in [0.25, 0.3) is 0 Å². The molecule has 0 saturated heterocycles. The fourth-order valence-electron chi connectivity index (χ4n) is 4.93. The fourth-order valence-corrected chi connectivity index (χ4v) is 5.66. The van der Waals surface area contributed by atoms with Crippen molar-refractivity contribution in [2.24, 2.45) is 0 Å². The first-order valence-electron chi connectivity index (χ1n) is 8.87. The molecule has 1 spiro atoms. The van der Waals surface area contributed by atoms with E-state index >= 15 is 0 Å². The molecule has 0 N–H and O–H groups in total. The summed E-state index contributed by atoms with van der Waals surface area (Å²) in [6, 6.07) is 26.3. The van der Waals surface area contributed by atoms with Crippen molar-refractivity contribution in [3.8, 4) is 22.4 Å². The zero-order valence-electron chi connectivity index (χ0n) is 14.2. The van der Waals surface area contributed by atoms with Crippen LogP contribution in [0.15, 0.2) is 87.9 Å². The van der Waals surface area contributed by atoms with E-state index in [1.165, 1.54) is 38.9 Å². The summed E-state index contributed by atoms with van der Waals surface area (Å²) in [5.41, 5.74) is 9.82. The maximum atomic E-state index is 4.79. The Kier molecular flexibility index (Phi) is 3.16. The lowest BCUT2D eigenvalue weighted by Crippen LogP contribution is -2.26. The third-order valence-electron chi connectivity index (χ3n) is 5.86. The monoisotopic (exact) mass is 473 g/mol. The maximum Gasteiger partial charge on any atom is 0.0753 e. The number of fused-ring (bicyclic) bond motifs is 10. The lowest BCUT2D eigenvalue weighted by atomic mass is 9.71. The first-order chi connectivity index (χ1) is 13.2. The molecule has 0 unspecified atom stereocenters. The molecular formula is C24H13Br2N. The third-order valence-corrected chi connectivity index (χ3v) is 6.85. The van der Waals surface area contributed by atoms with Crippen LogP contribution < -0.4 is 0 Å². The van der Waals surface area contributed by atoms with E-state index in [4.69, 9.17) is 4.98 Å². The second-order valence-electron chi connectivity index (χ2n) is 7.07. The van der Waals surface area contributed by atoms with Crippen LogP contribution >= 0.6 is 31.9 Å². The largest absolute Gasteiger partial charge is 0.256 e. The lowest BCUT2D eigenvalue weighted by molar-refractivity contribution is 0.790. The summed E-state index contributed by atoms with van der Waals surface area (Å²) in [4.78, 5) is 4.79. The molecule has 128 valence electrons. The molecule has 0 radical (unpaired) electrons. The topological polar surface area (TPSA) is 12.9 Å². The second kappa shape index (κ2) is 5.40. The van der Waals surface area contributed by atoms with Gasteiger partial charge in [0.1, 0.15) is 0 Å². The Morgan fingerprint density at radius 3 is 1.93 bits per heavy atom. The summed E-state index contributed by atoms with van der Waals surface area (Å²) >= 11 is 7.42. The van der Waals surface area contributed by atoms with Gasteiger partial charge in [-0.15, -0.1) is 0 Å². The van der Waals surface area contributed by atoms with Gasteiger partial charge in [0.2, 0.25) is 0 Å². The summed E-state index contributed by atoms with van der Waals surface area (Å²) in [5.74, 6) is 0. The van der Waals surface area contributed by atoms with Gasteiger partial charge in [-0.25, -0.2) is 0 Å². The van der Waals surface area contributed by atoms with Gasteiger partial charge >= 0.3 is 0 Å². The van der Waals surface area contributed by atoms with Gasteiger partial charge in [-0.2, -0.15) is 0 Å². The first-order valence-corrected chi connectivity index (χ1v) is 10.5. The second-order valence-corrected chi connectivity index (χ2v) is 8.91. The maximum absolute atomic E-state index is 4.79. The number of nitrogens with zero attached hydrogens (tertiary/aromatic N) is 1. The minimum Gasteiger partial charge on any atom is -0.256 e. The van der Waals surface area contributed by atoms with Gasteiger partial charge < -0.3 is 0 Å². The quantitative estimate of drug-likeness (QED) is 0.232. The summed E-state index contributed by atoms with van der Waals surface area (Å²) in [5, 5.41) is 0. The summed E-state index contributed by atoms with van der Waals surface area (Å²) < 4.78 is 2.20. The number of rotatable bonds is 0. The predicted octanol–water partition coefficient (Wildman–Crippen LogP) is 6.95. The number of aromatic nitrogens is 1. The van der Waals surface area contributed by atoms with Crippen molar-refractivity contribution in [1.82, 2.24) is 4.98 Å². The Morgan fingerprint density at radius 2 is 1.22 bits per heavy atom. The normalized spacial score (nSPS) is 14.6. The molecule has 27 heavy (non-hydrogen) atoms. The van der Waals surface area contributed by atoms with E-state index in [2.05, 4.69) is 105 Å². The summed E-state index contributed by atoms with van der Waals surface area (Å²) in [6.45, 7) is 0. The van der Waals surface area contributed by atoms with Crippen molar-refractivity contribution < 1.29 is 0 Å². The number of hydrogen-bond donors (Lipinski definition) is 0. The van der Waals surface area contributed by atoms with Gasteiger partial charge in [-0.3, -0.25) is 4.98 Å². The molecule has 6 rings (SSSR count). The van der Waals surface area contributed by atoms with E-state index in [1.807, 2.05) is 6.20 Å². The summed E-state index contributed by atoms with van der Waals surface area (Å²) in [7, 11) is 0. The van der Waals surface area contributed by atoms with Gasteiger partial charge in [0.15, 0.2) is 0 Å². The van der Waals surface area contributed by atoms with Crippen LogP contribution in [0, 0.1) is 0 Å². The number of hydrogen-bond acceptors (Lipinski definition) is 1. The number of pyridine rings is 1. The van der Waals surface area contributed by atoms with Crippen LogP contribution in [0.4, 0.5) is 0 Å². The molecule has 0 fully saturated rings. The molecule has 0 bridgehead atoms. The number of benzene rings is 3. The van der Waals surface area contributed by atoms with Gasteiger partial charge in [-0.1, -0.05) is 74.3 Å². The third kappa shape index (κ3) is 1.86. The fraction of sp³-hybridized carbons (Fsp3) is 0.0417. The van der Waals surface area contributed by atoms with Crippen molar-refractivity contribution >= 4 is 31.9 Å². The predicted molar refractivity (Wildman–Crippen MR) is 116 cm³/mol. The highest BCUT2D eigenvalue weighted by molar-refractivity contribution is 9.10. The molecule has 3 aromatic carbocycles. The highest BCUT2D eigenvalue weighted by Crippen LogP contribution is 2.62. The Hall–Kier alpha value is -2.23. The molecule has 1 heterocycles. The molecule has 4 aromatic rings. The lowest BCUT2D eigenvalue weighted by Gasteiger charge is -2.30. The Labute approximate surface area is 174 Å². The SMILES string of the molecule is Brc1ccc2c(c1)C1(c3cc(Br)ccc3-2)c2ccccc2-c2ncccc21. The van der Waals surface area contributed by atoms with E-state index in [0.717, 1.165) is 14.6 Å². The molecule has 2 aliphatic carbocycles. The van der Waals surface area contributed by atoms with Crippen LogP contribution in [-0.4, -0.2) is 4.98 Å². The minimum atomic E-state index is -0.321. The highest BCUT2D eigenvalue weighted by Gasteiger charge is 2.52. The van der Waals surface area contributed by atoms with Crippen molar-refractivity contribution in [3.63, 3.8) is 0 Å². The van der Waals surface area contributed by atoms with Crippen molar-refractivity contribution in [2.45, 2.75) is 5.41 Å². The molecular weight excluding hydrogens is 462 g/mol. The molecule has 3 heteroatoms. The average molecular weight is 475 g/mol. The van der Waals surface area contributed by atoms with Crippen LogP contribution in [0.25, 0.3) is 22.4 Å². The van der Waals surface area contributed by atoms with Crippen LogP contribution in [0.2, 0.25) is 0 Å². The van der Waals surface area contributed by atoms with Crippen LogP contribution in [-0.2, 0) is 5.41 Å². The average Bonchev–Trinajstić information content (AvgIpc) is 3.14. The zero-order valence-corrected chi connectivity index (χ0v) is 17.4. The van der Waals surface area contributed by atoms with E-state index in [1.54, 1.807) is 0 Å². The van der Waals surface area contributed by atoms with E-state index in [-0.39, 0.29) is 5.41 Å². The van der Waals surface area contributed by atoms with Gasteiger partial charge in [-0.05, 0) is 63.7 Å². The van der Waals surface area contributed by atoms with Crippen LogP contribution in [0.3, 0.4) is 0 Å². The standard InChI is InChI=1S/C24H13Br2N/c25-14-7-9-16-17-10-8-15(26)13-22(17)24(21(16)12-14)19-5-2-1-4-18(19)23-20(24)6-3-11-27-23/h1-13H. The van der Waals surface area contributed by atoms with Gasteiger partial charge in [0.05, 0.1) is 11.1 Å².